The number of hydrogen-bond acceptors (Lipinski definition) is 2. The minimum atomic E-state index is -0.0125. The first kappa shape index (κ1) is 11.4. The average Bonchev–Trinajstić information content (AvgIpc) is 2.90. The van der Waals surface area contributed by atoms with Gasteiger partial charge in [0.25, 0.3) is 0 Å². The third-order valence-electron chi connectivity index (χ3n) is 3.75. The number of likely N-dealkylation sites (tertiary alicyclic amines) is 2. The van der Waals surface area contributed by atoms with Crippen LogP contribution in [0.3, 0.4) is 0 Å². The molecule has 86 valence electrons. The summed E-state index contributed by atoms with van der Waals surface area (Å²) in [6.45, 7) is 9.27. The Morgan fingerprint density at radius 3 is 1.87 bits per heavy atom. The van der Waals surface area contributed by atoms with Gasteiger partial charge >= 0.3 is 0 Å². The van der Waals surface area contributed by atoms with Gasteiger partial charge in [-0.2, -0.15) is 0 Å². The molecule has 2 fully saturated rings. The van der Waals surface area contributed by atoms with Crippen molar-refractivity contribution in [3.63, 3.8) is 0 Å². The molecule has 0 N–H and O–H groups in total. The van der Waals surface area contributed by atoms with E-state index < -0.39 is 0 Å². The Bertz CT molecular complexity index is 180. The fourth-order valence-corrected chi connectivity index (χ4v) is 4.21. The molecule has 0 radical (unpaired) electrons. The standard InChI is InChI=1S/C12H24N2Si/c1-2-15-11-12(13-7-3-4-8-13)14-9-5-6-10-14/h2,12H,1,3-11,15H2. The van der Waals surface area contributed by atoms with Crippen LogP contribution in [0.1, 0.15) is 25.7 Å². The average molecular weight is 224 g/mol. The van der Waals surface area contributed by atoms with E-state index in [9.17, 15) is 0 Å². The number of hydrogen-bond donors (Lipinski definition) is 0. The molecule has 0 aromatic heterocycles. The van der Waals surface area contributed by atoms with Gasteiger partial charge in [0.1, 0.15) is 0 Å². The zero-order valence-electron chi connectivity index (χ0n) is 9.83. The minimum Gasteiger partial charge on any atom is -0.288 e. The van der Waals surface area contributed by atoms with Crippen LogP contribution in [-0.2, 0) is 0 Å². The summed E-state index contributed by atoms with van der Waals surface area (Å²) in [6, 6.07) is 1.42. The lowest BCUT2D eigenvalue weighted by molar-refractivity contribution is 0.0950. The van der Waals surface area contributed by atoms with Crippen molar-refractivity contribution in [2.45, 2.75) is 37.9 Å². The van der Waals surface area contributed by atoms with Crippen LogP contribution in [0.2, 0.25) is 6.04 Å². The molecule has 0 aromatic rings. The van der Waals surface area contributed by atoms with E-state index in [-0.39, 0.29) is 9.52 Å². The van der Waals surface area contributed by atoms with Crippen LogP contribution in [0.5, 0.6) is 0 Å². The van der Waals surface area contributed by atoms with Gasteiger partial charge in [-0.15, -0.1) is 12.3 Å². The van der Waals surface area contributed by atoms with Gasteiger partial charge in [0.15, 0.2) is 0 Å². The van der Waals surface area contributed by atoms with Gasteiger partial charge in [0, 0.05) is 9.52 Å². The Labute approximate surface area is 96.1 Å². The fourth-order valence-electron chi connectivity index (χ4n) is 2.94. The van der Waals surface area contributed by atoms with Gasteiger partial charge in [-0.3, -0.25) is 9.80 Å². The van der Waals surface area contributed by atoms with Crippen molar-refractivity contribution in [2.24, 2.45) is 0 Å². The number of nitrogens with zero attached hydrogens (tertiary/aromatic N) is 2. The Hall–Kier alpha value is -0.123. The van der Waals surface area contributed by atoms with Crippen LogP contribution < -0.4 is 0 Å². The highest BCUT2D eigenvalue weighted by Crippen LogP contribution is 2.21. The van der Waals surface area contributed by atoms with E-state index in [1.165, 1.54) is 57.9 Å². The normalized spacial score (nSPS) is 24.9. The maximum atomic E-state index is 3.91. The summed E-state index contributed by atoms with van der Waals surface area (Å²) in [6.07, 6.45) is 6.44. The lowest BCUT2D eigenvalue weighted by Crippen LogP contribution is -2.46. The van der Waals surface area contributed by atoms with Crippen LogP contribution in [0.4, 0.5) is 0 Å². The zero-order valence-corrected chi connectivity index (χ0v) is 11.2. The van der Waals surface area contributed by atoms with Crippen molar-refractivity contribution in [3.05, 3.63) is 12.3 Å². The molecular weight excluding hydrogens is 200 g/mol. The molecule has 15 heavy (non-hydrogen) atoms. The molecule has 0 unspecified atom stereocenters. The Balaban J connectivity index is 1.90. The highest BCUT2D eigenvalue weighted by Gasteiger charge is 2.28. The summed E-state index contributed by atoms with van der Waals surface area (Å²) in [5, 5.41) is 0. The molecule has 2 aliphatic heterocycles. The molecule has 0 aromatic carbocycles. The Kier molecular flexibility index (Phi) is 4.41. The van der Waals surface area contributed by atoms with Crippen molar-refractivity contribution in [3.8, 4) is 0 Å². The lowest BCUT2D eigenvalue weighted by atomic mass is 10.4. The molecule has 0 spiro atoms. The maximum Gasteiger partial charge on any atom is 0.0595 e. The summed E-state index contributed by atoms with van der Waals surface area (Å²) >= 11 is 0. The lowest BCUT2D eigenvalue weighted by Gasteiger charge is -2.35. The van der Waals surface area contributed by atoms with Crippen molar-refractivity contribution < 1.29 is 0 Å². The van der Waals surface area contributed by atoms with E-state index in [1.54, 1.807) is 0 Å². The van der Waals surface area contributed by atoms with Crippen LogP contribution in [0, 0.1) is 0 Å². The minimum absolute atomic E-state index is 0.0125. The van der Waals surface area contributed by atoms with Gasteiger partial charge in [-0.25, -0.2) is 0 Å². The molecule has 2 heterocycles. The molecule has 2 rings (SSSR count). The molecule has 2 saturated heterocycles. The number of rotatable bonds is 5. The molecule has 2 aliphatic rings. The fraction of sp³-hybridized carbons (Fsp3) is 0.833. The third kappa shape index (κ3) is 2.92. The smallest absolute Gasteiger partial charge is 0.0595 e. The Morgan fingerprint density at radius 1 is 1.00 bits per heavy atom. The van der Waals surface area contributed by atoms with Crippen LogP contribution in [-0.4, -0.2) is 51.7 Å². The van der Waals surface area contributed by atoms with Crippen LogP contribution in [0.15, 0.2) is 12.3 Å². The summed E-state index contributed by atoms with van der Waals surface area (Å²) in [5.74, 6) is 0. The summed E-state index contributed by atoms with van der Waals surface area (Å²) in [5.41, 5.74) is 2.21. The third-order valence-corrected chi connectivity index (χ3v) is 5.01. The van der Waals surface area contributed by atoms with E-state index in [1.807, 2.05) is 0 Å². The first-order chi connectivity index (χ1) is 7.42. The van der Waals surface area contributed by atoms with Gasteiger partial charge in [-0.1, -0.05) is 0 Å². The van der Waals surface area contributed by atoms with Crippen molar-refractivity contribution >= 4 is 9.52 Å². The molecule has 0 aliphatic carbocycles. The van der Waals surface area contributed by atoms with E-state index in [2.05, 4.69) is 22.1 Å². The Morgan fingerprint density at radius 2 is 1.47 bits per heavy atom. The SMILES string of the molecule is C=C[SiH2]CC(N1CCCC1)N1CCCC1. The highest BCUT2D eigenvalue weighted by atomic mass is 28.2. The summed E-state index contributed by atoms with van der Waals surface area (Å²) < 4.78 is 0. The first-order valence-electron chi connectivity index (χ1n) is 6.51. The molecule has 0 amide bonds. The van der Waals surface area contributed by atoms with Crippen molar-refractivity contribution in [2.75, 3.05) is 26.2 Å². The largest absolute Gasteiger partial charge is 0.288 e. The first-order valence-corrected chi connectivity index (χ1v) is 8.32. The van der Waals surface area contributed by atoms with Crippen LogP contribution >= 0.6 is 0 Å². The second kappa shape index (κ2) is 5.82. The molecule has 2 nitrogen and oxygen atoms in total. The van der Waals surface area contributed by atoms with Crippen LogP contribution in [0.25, 0.3) is 0 Å². The second-order valence-electron chi connectivity index (χ2n) is 4.83. The van der Waals surface area contributed by atoms with E-state index in [4.69, 9.17) is 0 Å². The van der Waals surface area contributed by atoms with Gasteiger partial charge in [0.05, 0.1) is 6.17 Å². The van der Waals surface area contributed by atoms with Gasteiger partial charge in [-0.05, 0) is 57.9 Å². The topological polar surface area (TPSA) is 6.48 Å². The van der Waals surface area contributed by atoms with E-state index in [0.717, 1.165) is 6.17 Å². The quantitative estimate of drug-likeness (QED) is 0.648. The highest BCUT2D eigenvalue weighted by molar-refractivity contribution is 6.41. The monoisotopic (exact) mass is 224 g/mol. The summed E-state index contributed by atoms with van der Waals surface area (Å²) in [4.78, 5) is 5.45. The molecular formula is C12H24N2Si. The molecule has 0 saturated carbocycles. The summed E-state index contributed by atoms with van der Waals surface area (Å²) in [7, 11) is -0.0125. The van der Waals surface area contributed by atoms with E-state index in [0.29, 0.717) is 0 Å². The molecule has 0 bridgehead atoms. The van der Waals surface area contributed by atoms with Gasteiger partial charge in [0.2, 0.25) is 0 Å². The van der Waals surface area contributed by atoms with Gasteiger partial charge < -0.3 is 0 Å². The zero-order chi connectivity index (χ0) is 10.5. The second-order valence-corrected chi connectivity index (χ2v) is 6.56. The van der Waals surface area contributed by atoms with E-state index >= 15 is 0 Å². The van der Waals surface area contributed by atoms with Crippen molar-refractivity contribution in [1.82, 2.24) is 9.80 Å². The van der Waals surface area contributed by atoms with Crippen molar-refractivity contribution in [1.29, 1.82) is 0 Å². The predicted molar refractivity (Wildman–Crippen MR) is 69.0 cm³/mol. The molecule has 3 heteroatoms. The molecule has 0 atom stereocenters. The maximum absolute atomic E-state index is 3.91. The predicted octanol–water partition coefficient (Wildman–Crippen LogP) is 1.23.